The van der Waals surface area contributed by atoms with E-state index in [1.165, 1.54) is 34.0 Å². The highest BCUT2D eigenvalue weighted by Crippen LogP contribution is 2.37. The largest absolute Gasteiger partial charge is 0.469 e. The first-order valence-corrected chi connectivity index (χ1v) is 11.1. The molecule has 0 saturated carbocycles. The summed E-state index contributed by atoms with van der Waals surface area (Å²) in [6.07, 6.45) is 4.36. The zero-order valence-electron chi connectivity index (χ0n) is 17.2. The molecule has 31 heavy (non-hydrogen) atoms. The van der Waals surface area contributed by atoms with E-state index in [9.17, 15) is 4.79 Å². The van der Waals surface area contributed by atoms with Crippen molar-refractivity contribution in [2.45, 2.75) is 25.0 Å². The lowest BCUT2D eigenvalue weighted by Gasteiger charge is -2.08. The number of benzene rings is 2. The molecule has 0 atom stereocenters. The van der Waals surface area contributed by atoms with Gasteiger partial charge in [0, 0.05) is 12.1 Å². The van der Waals surface area contributed by atoms with Crippen LogP contribution in [0.4, 0.5) is 0 Å². The van der Waals surface area contributed by atoms with Crippen molar-refractivity contribution in [2.75, 3.05) is 5.75 Å². The lowest BCUT2D eigenvalue weighted by molar-refractivity contribution is 0.102. The second-order valence-corrected chi connectivity index (χ2v) is 8.46. The summed E-state index contributed by atoms with van der Waals surface area (Å²) in [5.41, 5.74) is 6.60. The van der Waals surface area contributed by atoms with E-state index in [1.54, 1.807) is 12.3 Å². The molecule has 0 fully saturated rings. The molecule has 0 unspecified atom stereocenters. The normalized spacial score (nSPS) is 11.9. The van der Waals surface area contributed by atoms with Crippen molar-refractivity contribution in [3.05, 3.63) is 89.9 Å². The Labute approximate surface area is 184 Å². The van der Waals surface area contributed by atoms with Crippen molar-refractivity contribution in [2.24, 2.45) is 0 Å². The Kier molecular flexibility index (Phi) is 5.08. The smallest absolute Gasteiger partial charge is 0.192 e. The minimum atomic E-state index is 0.0753. The van der Waals surface area contributed by atoms with Gasteiger partial charge >= 0.3 is 0 Å². The molecule has 0 spiro atoms. The zero-order valence-corrected chi connectivity index (χ0v) is 18.0. The van der Waals surface area contributed by atoms with E-state index in [-0.39, 0.29) is 5.78 Å². The molecule has 5 rings (SSSR count). The van der Waals surface area contributed by atoms with Crippen molar-refractivity contribution < 1.29 is 9.21 Å². The van der Waals surface area contributed by atoms with Gasteiger partial charge in [-0.2, -0.15) is 0 Å². The molecule has 6 heteroatoms. The van der Waals surface area contributed by atoms with E-state index in [4.69, 9.17) is 4.42 Å². The summed E-state index contributed by atoms with van der Waals surface area (Å²) in [7, 11) is 0. The van der Waals surface area contributed by atoms with Gasteiger partial charge in [0.2, 0.25) is 0 Å². The number of thioether (sulfide) groups is 1. The number of fused-ring (bicyclic) bond motifs is 3. The first-order valence-electron chi connectivity index (χ1n) is 10.1. The highest BCUT2D eigenvalue weighted by molar-refractivity contribution is 7.99. The molecule has 2 aromatic carbocycles. The molecule has 0 N–H and O–H groups in total. The number of nitrogens with zero attached hydrogens (tertiary/aromatic N) is 3. The van der Waals surface area contributed by atoms with Crippen LogP contribution in [0.1, 0.15) is 27.2 Å². The maximum atomic E-state index is 13.0. The quantitative estimate of drug-likeness (QED) is 0.193. The van der Waals surface area contributed by atoms with Crippen molar-refractivity contribution in [3.8, 4) is 22.5 Å². The lowest BCUT2D eigenvalue weighted by Crippen LogP contribution is -2.06. The van der Waals surface area contributed by atoms with Crippen LogP contribution in [0.25, 0.3) is 22.5 Å². The van der Waals surface area contributed by atoms with Gasteiger partial charge in [-0.15, -0.1) is 16.8 Å². The highest BCUT2D eigenvalue weighted by Gasteiger charge is 2.21. The molecule has 154 valence electrons. The SMILES string of the molecule is C=CCn1c(SCC(=O)c2ccc3c(c2)-c2ccccc2C3)nnc1-c1ccoc1C. The standard InChI is InChI=1S/C25H21N3O2S/c1-3-11-28-24(20-10-12-30-16(20)2)26-27-25(28)31-15-23(29)19-9-8-18-13-17-6-4-5-7-21(17)22(18)14-19/h3-10,12,14H,1,11,13,15H2,2H3. The first kappa shape index (κ1) is 19.6. The fourth-order valence-electron chi connectivity index (χ4n) is 4.02. The molecule has 0 bridgehead atoms. The highest BCUT2D eigenvalue weighted by atomic mass is 32.2. The summed E-state index contributed by atoms with van der Waals surface area (Å²) in [6, 6.07) is 16.3. The van der Waals surface area contributed by atoms with E-state index in [1.807, 2.05) is 35.8 Å². The van der Waals surface area contributed by atoms with Gasteiger partial charge in [0.15, 0.2) is 16.8 Å². The van der Waals surface area contributed by atoms with E-state index >= 15 is 0 Å². The van der Waals surface area contributed by atoms with E-state index in [0.717, 1.165) is 29.1 Å². The third kappa shape index (κ3) is 3.53. The summed E-state index contributed by atoms with van der Waals surface area (Å²) in [4.78, 5) is 13.0. The Hall–Kier alpha value is -3.38. The molecular weight excluding hydrogens is 406 g/mol. The van der Waals surface area contributed by atoms with Crippen LogP contribution >= 0.6 is 11.8 Å². The number of carbonyl (C=O) groups excluding carboxylic acids is 1. The summed E-state index contributed by atoms with van der Waals surface area (Å²) < 4.78 is 7.37. The number of carbonyl (C=O) groups is 1. The zero-order chi connectivity index (χ0) is 21.4. The first-order chi connectivity index (χ1) is 15.2. The number of aryl methyl sites for hydroxylation is 1. The van der Waals surface area contributed by atoms with E-state index < -0.39 is 0 Å². The van der Waals surface area contributed by atoms with Gasteiger partial charge < -0.3 is 4.42 Å². The maximum absolute atomic E-state index is 13.0. The second-order valence-electron chi connectivity index (χ2n) is 7.51. The van der Waals surface area contributed by atoms with Gasteiger partial charge in [-0.1, -0.05) is 54.2 Å². The van der Waals surface area contributed by atoms with Crippen molar-refractivity contribution >= 4 is 17.5 Å². The summed E-state index contributed by atoms with van der Waals surface area (Å²) in [5, 5.41) is 9.34. The van der Waals surface area contributed by atoms with Gasteiger partial charge in [0.25, 0.3) is 0 Å². The van der Waals surface area contributed by atoms with Crippen LogP contribution in [0.15, 0.2) is 77.0 Å². The topological polar surface area (TPSA) is 60.9 Å². The minimum Gasteiger partial charge on any atom is -0.469 e. The summed E-state index contributed by atoms with van der Waals surface area (Å²) >= 11 is 1.39. The Bertz CT molecular complexity index is 1300. The monoisotopic (exact) mass is 427 g/mol. The van der Waals surface area contributed by atoms with Crippen LogP contribution in [-0.2, 0) is 13.0 Å². The van der Waals surface area contributed by atoms with Gasteiger partial charge in [0.1, 0.15) is 5.76 Å². The number of Topliss-reactive ketones (excluding diaryl/α,β-unsaturated/α-hetero) is 1. The van der Waals surface area contributed by atoms with Gasteiger partial charge in [-0.05, 0) is 47.7 Å². The van der Waals surface area contributed by atoms with Crippen LogP contribution in [0.5, 0.6) is 0 Å². The maximum Gasteiger partial charge on any atom is 0.192 e. The van der Waals surface area contributed by atoms with Crippen LogP contribution in [0, 0.1) is 6.92 Å². The van der Waals surface area contributed by atoms with E-state index in [2.05, 4.69) is 41.0 Å². The Balaban J connectivity index is 1.37. The van der Waals surface area contributed by atoms with Crippen molar-refractivity contribution in [1.29, 1.82) is 0 Å². The third-order valence-electron chi connectivity index (χ3n) is 5.58. The average Bonchev–Trinajstić information content (AvgIpc) is 3.48. The van der Waals surface area contributed by atoms with Gasteiger partial charge in [-0.3, -0.25) is 9.36 Å². The fraction of sp³-hybridized carbons (Fsp3) is 0.160. The molecule has 1 aliphatic rings. The van der Waals surface area contributed by atoms with Crippen molar-refractivity contribution in [1.82, 2.24) is 14.8 Å². The lowest BCUT2D eigenvalue weighted by atomic mass is 10.0. The summed E-state index contributed by atoms with van der Waals surface area (Å²) in [6.45, 7) is 6.29. The second kappa shape index (κ2) is 8.04. The molecule has 1 aliphatic carbocycles. The van der Waals surface area contributed by atoms with Gasteiger partial charge in [0.05, 0.1) is 17.6 Å². The Morgan fingerprint density at radius 2 is 1.97 bits per heavy atom. The van der Waals surface area contributed by atoms with Crippen LogP contribution in [-0.4, -0.2) is 26.3 Å². The third-order valence-corrected chi connectivity index (χ3v) is 6.55. The molecule has 0 amide bonds. The molecular formula is C25H21N3O2S. The van der Waals surface area contributed by atoms with Crippen LogP contribution in [0.2, 0.25) is 0 Å². The van der Waals surface area contributed by atoms with Crippen LogP contribution < -0.4 is 0 Å². The Morgan fingerprint density at radius 1 is 1.13 bits per heavy atom. The number of allylic oxidation sites excluding steroid dienone is 1. The molecule has 0 radical (unpaired) electrons. The molecule has 0 aliphatic heterocycles. The fourth-order valence-corrected chi connectivity index (χ4v) is 4.86. The van der Waals surface area contributed by atoms with Crippen LogP contribution in [0.3, 0.4) is 0 Å². The summed E-state index contributed by atoms with van der Waals surface area (Å²) in [5.74, 6) is 1.87. The predicted molar refractivity (Wildman–Crippen MR) is 122 cm³/mol. The number of aromatic nitrogens is 3. The van der Waals surface area contributed by atoms with Gasteiger partial charge in [-0.25, -0.2) is 0 Å². The number of rotatable bonds is 7. The number of furan rings is 1. The minimum absolute atomic E-state index is 0.0753. The number of hydrogen-bond acceptors (Lipinski definition) is 5. The predicted octanol–water partition coefficient (Wildman–Crippen LogP) is 5.58. The van der Waals surface area contributed by atoms with Crippen molar-refractivity contribution in [3.63, 3.8) is 0 Å². The average molecular weight is 428 g/mol. The molecule has 2 aromatic heterocycles. The molecule has 2 heterocycles. The van der Waals surface area contributed by atoms with E-state index in [0.29, 0.717) is 17.5 Å². The molecule has 4 aromatic rings. The molecule has 5 nitrogen and oxygen atoms in total. The number of ketones is 1. The number of hydrogen-bond donors (Lipinski definition) is 0. The molecule has 0 saturated heterocycles. The Morgan fingerprint density at radius 3 is 2.77 bits per heavy atom.